The molecule has 8 nitrogen and oxygen atoms in total. The maximum atomic E-state index is 13.7. The van der Waals surface area contributed by atoms with E-state index in [-0.39, 0.29) is 18.0 Å². The van der Waals surface area contributed by atoms with Crippen LogP contribution in [0.2, 0.25) is 0 Å². The zero-order valence-electron chi connectivity index (χ0n) is 23.3. The molecule has 0 unspecified atom stereocenters. The van der Waals surface area contributed by atoms with Gasteiger partial charge in [-0.25, -0.2) is 4.79 Å². The number of urea groups is 1. The van der Waals surface area contributed by atoms with Gasteiger partial charge in [-0.05, 0) is 94.5 Å². The van der Waals surface area contributed by atoms with E-state index >= 15 is 0 Å². The number of carbonyl (C=O) groups excluding carboxylic acids is 2. The second-order valence-electron chi connectivity index (χ2n) is 10.1. The molecule has 0 atom stereocenters. The summed E-state index contributed by atoms with van der Waals surface area (Å²) < 4.78 is 16.4. The lowest BCUT2D eigenvalue weighted by Gasteiger charge is -2.38. The number of nitrogens with zero attached hydrogens (tertiary/aromatic N) is 2. The van der Waals surface area contributed by atoms with E-state index in [1.807, 2.05) is 24.8 Å². The van der Waals surface area contributed by atoms with Gasteiger partial charge in [0.1, 0.15) is 0 Å². The number of amides is 2. The Morgan fingerprint density at radius 1 is 1.03 bits per heavy atom. The second kappa shape index (κ2) is 15.3. The maximum absolute atomic E-state index is 13.7. The summed E-state index contributed by atoms with van der Waals surface area (Å²) in [6, 6.07) is 6.35. The number of methoxy groups -OCH3 is 1. The zero-order valence-corrected chi connectivity index (χ0v) is 23.3. The van der Waals surface area contributed by atoms with Crippen molar-refractivity contribution >= 4 is 17.7 Å². The number of hydrogen-bond acceptors (Lipinski definition) is 6. The van der Waals surface area contributed by atoms with Crippen LogP contribution in [-0.2, 0) is 31.8 Å². The van der Waals surface area contributed by atoms with E-state index in [9.17, 15) is 9.59 Å². The molecule has 0 saturated heterocycles. The molecular weight excluding hydrogens is 470 g/mol. The third-order valence-electron chi connectivity index (χ3n) is 7.85. The number of fused-ring (bicyclic) bond motifs is 1. The quantitative estimate of drug-likeness (QED) is 0.315. The van der Waals surface area contributed by atoms with Crippen molar-refractivity contribution in [2.75, 3.05) is 51.8 Å². The largest absolute Gasteiger partial charge is 0.469 e. The Balaban J connectivity index is 1.68. The molecule has 37 heavy (non-hydrogen) atoms. The van der Waals surface area contributed by atoms with Gasteiger partial charge in [-0.3, -0.25) is 4.79 Å². The number of nitrogens with one attached hydrogen (secondary N) is 1. The third kappa shape index (κ3) is 8.97. The second-order valence-corrected chi connectivity index (χ2v) is 10.1. The number of esters is 1. The maximum Gasteiger partial charge on any atom is 0.322 e. The lowest BCUT2D eigenvalue weighted by Crippen LogP contribution is -2.49. The van der Waals surface area contributed by atoms with Crippen molar-refractivity contribution in [2.45, 2.75) is 84.5 Å². The zero-order chi connectivity index (χ0) is 26.6. The number of anilines is 1. The van der Waals surface area contributed by atoms with E-state index in [2.05, 4.69) is 29.3 Å². The summed E-state index contributed by atoms with van der Waals surface area (Å²) in [6.45, 7) is 10.7. The molecule has 1 aromatic carbocycles. The molecule has 1 N–H and O–H groups in total. The average molecular weight is 518 g/mol. The Morgan fingerprint density at radius 2 is 1.70 bits per heavy atom. The smallest absolute Gasteiger partial charge is 0.322 e. The molecule has 1 heterocycles. The van der Waals surface area contributed by atoms with Crippen molar-refractivity contribution in [3.8, 4) is 0 Å². The molecule has 208 valence electrons. The Kier molecular flexibility index (Phi) is 12.2. The highest BCUT2D eigenvalue weighted by Crippen LogP contribution is 2.31. The molecule has 0 radical (unpaired) electrons. The highest BCUT2D eigenvalue weighted by molar-refractivity contribution is 5.89. The fourth-order valence-electron chi connectivity index (χ4n) is 5.61. The van der Waals surface area contributed by atoms with Crippen LogP contribution < -0.4 is 5.32 Å². The summed E-state index contributed by atoms with van der Waals surface area (Å²) in [5.74, 6) is 0.338. The molecule has 2 aliphatic rings. The van der Waals surface area contributed by atoms with Crippen molar-refractivity contribution in [3.63, 3.8) is 0 Å². The summed E-state index contributed by atoms with van der Waals surface area (Å²) in [4.78, 5) is 29.6. The highest BCUT2D eigenvalue weighted by Gasteiger charge is 2.31. The fourth-order valence-corrected chi connectivity index (χ4v) is 5.61. The molecule has 0 spiro atoms. The third-order valence-corrected chi connectivity index (χ3v) is 7.85. The van der Waals surface area contributed by atoms with Crippen LogP contribution in [0.5, 0.6) is 0 Å². The van der Waals surface area contributed by atoms with Gasteiger partial charge < -0.3 is 29.3 Å². The predicted molar refractivity (Wildman–Crippen MR) is 146 cm³/mol. The van der Waals surface area contributed by atoms with Crippen LogP contribution in [0.1, 0.15) is 70.4 Å². The first-order valence-electron chi connectivity index (χ1n) is 14.2. The predicted octanol–water partition coefficient (Wildman–Crippen LogP) is 4.85. The fraction of sp³-hybridized carbons (Fsp3) is 0.724. The molecule has 3 rings (SSSR count). The van der Waals surface area contributed by atoms with Gasteiger partial charge in [0.05, 0.1) is 13.7 Å². The Hall–Kier alpha value is -2.16. The van der Waals surface area contributed by atoms with Gasteiger partial charge in [0.2, 0.25) is 0 Å². The molecule has 2 amide bonds. The Morgan fingerprint density at radius 3 is 2.32 bits per heavy atom. The van der Waals surface area contributed by atoms with Crippen molar-refractivity contribution < 1.29 is 23.8 Å². The van der Waals surface area contributed by atoms with Gasteiger partial charge in [-0.2, -0.15) is 0 Å². The summed E-state index contributed by atoms with van der Waals surface area (Å²) in [5, 5.41) is 3.18. The van der Waals surface area contributed by atoms with Crippen LogP contribution in [0.25, 0.3) is 0 Å². The molecular formula is C29H47N3O5. The monoisotopic (exact) mass is 517 g/mol. The first-order valence-corrected chi connectivity index (χ1v) is 14.2. The first-order chi connectivity index (χ1) is 18.0. The summed E-state index contributed by atoms with van der Waals surface area (Å²) in [6.07, 6.45) is 6.69. The SMILES string of the molecule is CCOC(CN(C(=O)Nc1ccc2c(c1)CCN(CC)CC2)C1CCC(CCC(=O)OC)CC1)OCC. The van der Waals surface area contributed by atoms with Crippen LogP contribution in [0.15, 0.2) is 18.2 Å². The Labute approximate surface area is 223 Å². The normalized spacial score (nSPS) is 20.2. The summed E-state index contributed by atoms with van der Waals surface area (Å²) in [5.41, 5.74) is 3.55. The van der Waals surface area contributed by atoms with Gasteiger partial charge in [-0.1, -0.05) is 13.0 Å². The van der Waals surface area contributed by atoms with Crippen LogP contribution in [0.4, 0.5) is 10.5 Å². The molecule has 1 aliphatic carbocycles. The lowest BCUT2D eigenvalue weighted by molar-refractivity contribution is -0.146. The van der Waals surface area contributed by atoms with Gasteiger partial charge in [-0.15, -0.1) is 0 Å². The minimum absolute atomic E-state index is 0.105. The van der Waals surface area contributed by atoms with E-state index in [1.165, 1.54) is 18.2 Å². The molecule has 1 aliphatic heterocycles. The molecule has 1 saturated carbocycles. The summed E-state index contributed by atoms with van der Waals surface area (Å²) in [7, 11) is 1.44. The van der Waals surface area contributed by atoms with Crippen LogP contribution >= 0.6 is 0 Å². The van der Waals surface area contributed by atoms with Crippen molar-refractivity contribution in [1.29, 1.82) is 0 Å². The van der Waals surface area contributed by atoms with Gasteiger partial charge in [0.25, 0.3) is 0 Å². The first kappa shape index (κ1) is 29.4. The minimum Gasteiger partial charge on any atom is -0.469 e. The van der Waals surface area contributed by atoms with Crippen LogP contribution in [0.3, 0.4) is 0 Å². The van der Waals surface area contributed by atoms with Crippen molar-refractivity contribution in [2.24, 2.45) is 5.92 Å². The minimum atomic E-state index is -0.454. The van der Waals surface area contributed by atoms with Gasteiger partial charge >= 0.3 is 12.0 Å². The highest BCUT2D eigenvalue weighted by atomic mass is 16.7. The summed E-state index contributed by atoms with van der Waals surface area (Å²) >= 11 is 0. The van der Waals surface area contributed by atoms with E-state index in [1.54, 1.807) is 0 Å². The number of likely N-dealkylation sites (N-methyl/N-ethyl adjacent to an activating group) is 1. The number of carbonyl (C=O) groups is 2. The van der Waals surface area contributed by atoms with Gasteiger partial charge in [0, 0.05) is 44.5 Å². The van der Waals surface area contributed by atoms with E-state index in [4.69, 9.17) is 14.2 Å². The van der Waals surface area contributed by atoms with Crippen LogP contribution in [0, 0.1) is 5.92 Å². The van der Waals surface area contributed by atoms with Gasteiger partial charge in [0.15, 0.2) is 6.29 Å². The number of rotatable bonds is 12. The molecule has 0 aromatic heterocycles. The number of hydrogen-bond donors (Lipinski definition) is 1. The molecule has 8 heteroatoms. The number of benzene rings is 1. The Bertz CT molecular complexity index is 850. The standard InChI is InChI=1S/C29H47N3O5/c1-5-31-18-16-23-11-12-25(20-24(23)17-19-31)30-29(34)32(21-28(36-6-2)37-7-3)26-13-8-22(9-14-26)10-15-27(33)35-4/h11-12,20,22,26,28H,5-10,13-19,21H2,1-4H3,(H,30,34). The molecule has 1 fully saturated rings. The van der Waals surface area contributed by atoms with E-state index in [0.717, 1.165) is 70.3 Å². The van der Waals surface area contributed by atoms with Crippen molar-refractivity contribution in [1.82, 2.24) is 9.80 Å². The number of ether oxygens (including phenoxy) is 3. The topological polar surface area (TPSA) is 80.3 Å². The average Bonchev–Trinajstić information content (AvgIpc) is 3.12. The van der Waals surface area contributed by atoms with E-state index in [0.29, 0.717) is 32.1 Å². The van der Waals surface area contributed by atoms with Crippen LogP contribution in [-0.4, -0.2) is 80.6 Å². The van der Waals surface area contributed by atoms with E-state index < -0.39 is 6.29 Å². The van der Waals surface area contributed by atoms with Crippen molar-refractivity contribution in [3.05, 3.63) is 29.3 Å². The molecule has 1 aromatic rings. The lowest BCUT2D eigenvalue weighted by atomic mass is 9.83. The molecule has 0 bridgehead atoms.